The van der Waals surface area contributed by atoms with Gasteiger partial charge in [-0.1, -0.05) is 0 Å². The van der Waals surface area contributed by atoms with E-state index in [0.717, 1.165) is 12.8 Å². The first kappa shape index (κ1) is 17.5. The number of ether oxygens (including phenoxy) is 2. The van der Waals surface area contributed by atoms with Crippen molar-refractivity contribution in [2.24, 2.45) is 5.92 Å². The smallest absolute Gasteiger partial charge is 0.410 e. The van der Waals surface area contributed by atoms with Crippen molar-refractivity contribution in [1.29, 1.82) is 0 Å². The van der Waals surface area contributed by atoms with Gasteiger partial charge in [-0.25, -0.2) is 4.79 Å². The van der Waals surface area contributed by atoms with Crippen molar-refractivity contribution < 1.29 is 23.5 Å². The van der Waals surface area contributed by atoms with Gasteiger partial charge in [-0.15, -0.1) is 0 Å². The summed E-state index contributed by atoms with van der Waals surface area (Å²) in [6.07, 6.45) is 3.08. The Balaban J connectivity index is 1.73. The lowest BCUT2D eigenvalue weighted by molar-refractivity contribution is 0.00773. The molecule has 1 aromatic heterocycles. The highest BCUT2D eigenvalue weighted by atomic mass is 16.6. The van der Waals surface area contributed by atoms with Crippen LogP contribution in [0.25, 0.3) is 0 Å². The van der Waals surface area contributed by atoms with Gasteiger partial charge >= 0.3 is 6.09 Å². The van der Waals surface area contributed by atoms with Gasteiger partial charge in [0.05, 0.1) is 12.9 Å². The molecule has 0 aromatic carbocycles. The maximum atomic E-state index is 12.1. The molecule has 0 bridgehead atoms. The molecule has 0 unspecified atom stereocenters. The van der Waals surface area contributed by atoms with Gasteiger partial charge in [-0.3, -0.25) is 4.79 Å². The number of hydrogen-bond acceptors (Lipinski definition) is 5. The third-order valence-electron chi connectivity index (χ3n) is 3.55. The van der Waals surface area contributed by atoms with Crippen LogP contribution in [-0.2, 0) is 9.47 Å². The second kappa shape index (κ2) is 7.64. The number of piperidine rings is 1. The molecule has 1 atom stereocenters. The number of carbonyl (C=O) groups is 2. The summed E-state index contributed by atoms with van der Waals surface area (Å²) < 4.78 is 15.9. The highest BCUT2D eigenvalue weighted by Gasteiger charge is 2.27. The van der Waals surface area contributed by atoms with Crippen molar-refractivity contribution in [2.75, 3.05) is 26.3 Å². The number of nitrogens with zero attached hydrogens (tertiary/aromatic N) is 1. The van der Waals surface area contributed by atoms with Crippen molar-refractivity contribution in [3.8, 4) is 0 Å². The van der Waals surface area contributed by atoms with Crippen molar-refractivity contribution in [2.45, 2.75) is 39.2 Å². The number of furan rings is 1. The van der Waals surface area contributed by atoms with Crippen LogP contribution in [0.15, 0.2) is 22.8 Å². The molecule has 23 heavy (non-hydrogen) atoms. The van der Waals surface area contributed by atoms with Crippen LogP contribution in [0.5, 0.6) is 0 Å². The van der Waals surface area contributed by atoms with Crippen LogP contribution >= 0.6 is 0 Å². The first-order valence-corrected chi connectivity index (χ1v) is 7.97. The molecule has 0 saturated carbocycles. The third-order valence-corrected chi connectivity index (χ3v) is 3.55. The number of Topliss-reactive ketones (excluding diaryl/α,β-unsaturated/α-hetero) is 1. The average Bonchev–Trinajstić information content (AvgIpc) is 3.00. The van der Waals surface area contributed by atoms with E-state index in [4.69, 9.17) is 13.9 Å². The van der Waals surface area contributed by atoms with E-state index in [2.05, 4.69) is 0 Å². The molecule has 1 aromatic rings. The Morgan fingerprint density at radius 2 is 2.17 bits per heavy atom. The minimum absolute atomic E-state index is 0.00352. The Labute approximate surface area is 136 Å². The van der Waals surface area contributed by atoms with Crippen LogP contribution in [0.2, 0.25) is 0 Å². The maximum absolute atomic E-state index is 12.1. The first-order chi connectivity index (χ1) is 10.8. The molecule has 0 aliphatic carbocycles. The summed E-state index contributed by atoms with van der Waals surface area (Å²) in [6.45, 7) is 7.32. The summed E-state index contributed by atoms with van der Waals surface area (Å²) in [7, 11) is 0. The molecule has 0 radical (unpaired) electrons. The number of rotatable bonds is 5. The van der Waals surface area contributed by atoms with Gasteiger partial charge in [0.25, 0.3) is 0 Å². The monoisotopic (exact) mass is 323 g/mol. The Morgan fingerprint density at radius 1 is 1.39 bits per heavy atom. The number of likely N-dealkylation sites (tertiary alicyclic amines) is 1. The fourth-order valence-electron chi connectivity index (χ4n) is 2.52. The zero-order valence-electron chi connectivity index (χ0n) is 14.0. The van der Waals surface area contributed by atoms with E-state index in [9.17, 15) is 9.59 Å². The van der Waals surface area contributed by atoms with Crippen LogP contribution in [0.3, 0.4) is 0 Å². The van der Waals surface area contributed by atoms with E-state index in [1.54, 1.807) is 17.0 Å². The summed E-state index contributed by atoms with van der Waals surface area (Å²) >= 11 is 0. The SMILES string of the molecule is CC(C)(C)OC(=O)N1CCC[C@@H](COCC(=O)c2ccco2)C1. The van der Waals surface area contributed by atoms with Crippen molar-refractivity contribution in [3.05, 3.63) is 24.2 Å². The lowest BCUT2D eigenvalue weighted by atomic mass is 9.99. The molecule has 1 aliphatic heterocycles. The normalized spacial score (nSPS) is 18.7. The summed E-state index contributed by atoms with van der Waals surface area (Å²) in [5.41, 5.74) is -0.490. The van der Waals surface area contributed by atoms with Gasteiger partial charge in [-0.05, 0) is 45.7 Å². The highest BCUT2D eigenvalue weighted by molar-refractivity contribution is 5.94. The van der Waals surface area contributed by atoms with E-state index in [-0.39, 0.29) is 24.4 Å². The topological polar surface area (TPSA) is 69.0 Å². The average molecular weight is 323 g/mol. The van der Waals surface area contributed by atoms with Gasteiger partial charge < -0.3 is 18.8 Å². The molecule has 6 heteroatoms. The van der Waals surface area contributed by atoms with Crippen LogP contribution in [0.4, 0.5) is 4.79 Å². The fourth-order valence-corrected chi connectivity index (χ4v) is 2.52. The molecule has 2 rings (SSSR count). The number of hydrogen-bond donors (Lipinski definition) is 0. The molecular formula is C17H25NO5. The number of ketones is 1. The molecule has 1 amide bonds. The molecular weight excluding hydrogens is 298 g/mol. The van der Waals surface area contributed by atoms with Gasteiger partial charge in [-0.2, -0.15) is 0 Å². The minimum Gasteiger partial charge on any atom is -0.461 e. The largest absolute Gasteiger partial charge is 0.461 e. The van der Waals surface area contributed by atoms with E-state index in [0.29, 0.717) is 25.5 Å². The predicted molar refractivity (Wildman–Crippen MR) is 84.4 cm³/mol. The molecule has 2 heterocycles. The first-order valence-electron chi connectivity index (χ1n) is 7.97. The summed E-state index contributed by atoms with van der Waals surface area (Å²) in [4.78, 5) is 25.6. The van der Waals surface area contributed by atoms with Crippen LogP contribution < -0.4 is 0 Å². The van der Waals surface area contributed by atoms with E-state index >= 15 is 0 Å². The molecule has 6 nitrogen and oxygen atoms in total. The lowest BCUT2D eigenvalue weighted by Gasteiger charge is -2.34. The zero-order valence-corrected chi connectivity index (χ0v) is 14.0. The molecule has 0 spiro atoms. The predicted octanol–water partition coefficient (Wildman–Crippen LogP) is 3.13. The Bertz CT molecular complexity index is 518. The van der Waals surface area contributed by atoms with Crippen molar-refractivity contribution in [1.82, 2.24) is 4.90 Å². The fraction of sp³-hybridized carbons (Fsp3) is 0.647. The molecule has 1 saturated heterocycles. The summed E-state index contributed by atoms with van der Waals surface area (Å²) in [5.74, 6) is 0.361. The molecule has 1 fully saturated rings. The third kappa shape index (κ3) is 5.71. The maximum Gasteiger partial charge on any atom is 0.410 e. The van der Waals surface area contributed by atoms with Crippen LogP contribution in [-0.4, -0.2) is 48.7 Å². The molecule has 1 aliphatic rings. The quantitative estimate of drug-likeness (QED) is 0.779. The van der Waals surface area contributed by atoms with Gasteiger partial charge in [0.1, 0.15) is 12.2 Å². The van der Waals surface area contributed by atoms with Crippen LogP contribution in [0.1, 0.15) is 44.2 Å². The van der Waals surface area contributed by atoms with Crippen molar-refractivity contribution in [3.63, 3.8) is 0 Å². The summed E-state index contributed by atoms with van der Waals surface area (Å²) in [6, 6.07) is 3.30. The van der Waals surface area contributed by atoms with Gasteiger partial charge in [0, 0.05) is 19.0 Å². The Hall–Kier alpha value is -1.82. The van der Waals surface area contributed by atoms with E-state index < -0.39 is 5.60 Å². The number of amides is 1. The van der Waals surface area contributed by atoms with E-state index in [1.165, 1.54) is 6.26 Å². The summed E-state index contributed by atoms with van der Waals surface area (Å²) in [5, 5.41) is 0. The lowest BCUT2D eigenvalue weighted by Crippen LogP contribution is -2.43. The van der Waals surface area contributed by atoms with Gasteiger partial charge in [0.15, 0.2) is 5.76 Å². The second-order valence-corrected chi connectivity index (χ2v) is 6.85. The number of carbonyl (C=O) groups excluding carboxylic acids is 2. The molecule has 128 valence electrons. The standard InChI is InChI=1S/C17H25NO5/c1-17(2,3)23-16(20)18-8-4-6-13(10-18)11-21-12-14(19)15-7-5-9-22-15/h5,7,9,13H,4,6,8,10-12H2,1-3H3/t13-/m1/s1. The Kier molecular flexibility index (Phi) is 5.82. The zero-order chi connectivity index (χ0) is 16.9. The highest BCUT2D eigenvalue weighted by Crippen LogP contribution is 2.19. The van der Waals surface area contributed by atoms with Crippen molar-refractivity contribution >= 4 is 11.9 Å². The minimum atomic E-state index is -0.490. The van der Waals surface area contributed by atoms with E-state index in [1.807, 2.05) is 20.8 Å². The molecule has 0 N–H and O–H groups in total. The second-order valence-electron chi connectivity index (χ2n) is 6.85. The Morgan fingerprint density at radius 3 is 2.83 bits per heavy atom. The van der Waals surface area contributed by atoms with Gasteiger partial charge in [0.2, 0.25) is 5.78 Å². The van der Waals surface area contributed by atoms with Crippen LogP contribution in [0, 0.1) is 5.92 Å².